The monoisotopic (exact) mass is 439 g/mol. The molecular formula is C22H22BrN3O2. The van der Waals surface area contributed by atoms with Crippen molar-refractivity contribution in [3.63, 3.8) is 0 Å². The lowest BCUT2D eigenvalue weighted by Gasteiger charge is -2.16. The zero-order chi connectivity index (χ0) is 19.7. The van der Waals surface area contributed by atoms with Gasteiger partial charge in [-0.25, -0.2) is 4.98 Å². The van der Waals surface area contributed by atoms with Gasteiger partial charge in [-0.15, -0.1) is 0 Å². The fraction of sp³-hybridized carbons (Fsp3) is 0.318. The summed E-state index contributed by atoms with van der Waals surface area (Å²) in [4.78, 5) is 30.1. The summed E-state index contributed by atoms with van der Waals surface area (Å²) in [7, 11) is 0. The molecule has 28 heavy (non-hydrogen) atoms. The third kappa shape index (κ3) is 4.02. The lowest BCUT2D eigenvalue weighted by Crippen LogP contribution is -2.29. The Morgan fingerprint density at radius 1 is 1.21 bits per heavy atom. The molecule has 1 aromatic heterocycles. The number of hydrogen-bond donors (Lipinski definition) is 1. The summed E-state index contributed by atoms with van der Waals surface area (Å²) >= 11 is 3.42. The molecule has 2 aromatic carbocycles. The van der Waals surface area contributed by atoms with E-state index in [-0.39, 0.29) is 23.6 Å². The third-order valence-corrected chi connectivity index (χ3v) is 5.64. The highest BCUT2D eigenvalue weighted by Crippen LogP contribution is 2.34. The van der Waals surface area contributed by atoms with Crippen LogP contribution in [-0.2, 0) is 11.2 Å². The van der Waals surface area contributed by atoms with Crippen LogP contribution in [0, 0.1) is 0 Å². The summed E-state index contributed by atoms with van der Waals surface area (Å²) in [5, 5.41) is 3.68. The van der Waals surface area contributed by atoms with Gasteiger partial charge >= 0.3 is 0 Å². The number of carbonyl (C=O) groups is 1. The number of benzene rings is 2. The summed E-state index contributed by atoms with van der Waals surface area (Å²) in [5.74, 6) is 0.665. The molecule has 0 spiro atoms. The molecule has 1 fully saturated rings. The van der Waals surface area contributed by atoms with Crippen LogP contribution in [0.5, 0.6) is 0 Å². The van der Waals surface area contributed by atoms with E-state index in [4.69, 9.17) is 4.98 Å². The molecule has 6 heteroatoms. The Morgan fingerprint density at radius 3 is 2.64 bits per heavy atom. The van der Waals surface area contributed by atoms with Gasteiger partial charge in [-0.05, 0) is 49.6 Å². The summed E-state index contributed by atoms with van der Waals surface area (Å²) in [6.45, 7) is 1.97. The molecule has 1 unspecified atom stereocenters. The highest BCUT2D eigenvalue weighted by Gasteiger charge is 2.28. The van der Waals surface area contributed by atoms with E-state index in [9.17, 15) is 9.59 Å². The van der Waals surface area contributed by atoms with Crippen molar-refractivity contribution in [2.24, 2.45) is 0 Å². The summed E-state index contributed by atoms with van der Waals surface area (Å²) in [5.41, 5.74) is 1.75. The lowest BCUT2D eigenvalue weighted by atomic mass is 10.1. The first-order valence-corrected chi connectivity index (χ1v) is 10.4. The van der Waals surface area contributed by atoms with Crippen LogP contribution in [0.3, 0.4) is 0 Å². The van der Waals surface area contributed by atoms with Gasteiger partial charge in [0.1, 0.15) is 5.82 Å². The van der Waals surface area contributed by atoms with E-state index < -0.39 is 0 Å². The Kier molecular flexibility index (Phi) is 5.31. The first-order chi connectivity index (χ1) is 13.5. The number of fused-ring (bicyclic) bond motifs is 1. The van der Waals surface area contributed by atoms with Crippen LogP contribution in [0.25, 0.3) is 10.9 Å². The maximum absolute atomic E-state index is 12.9. The quantitative estimate of drug-likeness (QED) is 0.622. The number of aromatic nitrogens is 2. The highest BCUT2D eigenvalue weighted by atomic mass is 79.9. The van der Waals surface area contributed by atoms with Crippen LogP contribution in [0.1, 0.15) is 49.7 Å². The molecule has 4 rings (SSSR count). The van der Waals surface area contributed by atoms with Gasteiger partial charge < -0.3 is 5.32 Å². The van der Waals surface area contributed by atoms with Gasteiger partial charge in [0.15, 0.2) is 0 Å². The highest BCUT2D eigenvalue weighted by molar-refractivity contribution is 9.10. The van der Waals surface area contributed by atoms with Crippen molar-refractivity contribution in [3.05, 3.63) is 74.7 Å². The van der Waals surface area contributed by atoms with Gasteiger partial charge in [0.05, 0.1) is 16.9 Å². The van der Waals surface area contributed by atoms with Crippen LogP contribution < -0.4 is 10.9 Å². The number of amides is 1. The Balaban J connectivity index is 1.49. The smallest absolute Gasteiger partial charge is 0.261 e. The second-order valence-electron chi connectivity index (χ2n) is 7.29. The first kappa shape index (κ1) is 18.9. The largest absolute Gasteiger partial charge is 0.350 e. The van der Waals surface area contributed by atoms with Crippen molar-refractivity contribution < 1.29 is 4.79 Å². The molecule has 1 saturated carbocycles. The van der Waals surface area contributed by atoms with E-state index in [2.05, 4.69) is 21.2 Å². The number of hydrogen-bond acceptors (Lipinski definition) is 3. The molecule has 0 bridgehead atoms. The Bertz CT molecular complexity index is 1070. The van der Waals surface area contributed by atoms with Crippen molar-refractivity contribution >= 4 is 32.7 Å². The fourth-order valence-corrected chi connectivity index (χ4v) is 3.72. The summed E-state index contributed by atoms with van der Waals surface area (Å²) < 4.78 is 2.81. The Labute approximate surface area is 171 Å². The molecule has 1 atom stereocenters. The molecule has 0 saturated heterocycles. The predicted molar refractivity (Wildman–Crippen MR) is 113 cm³/mol. The number of rotatable bonds is 6. The molecule has 1 heterocycles. The minimum atomic E-state index is -0.0733. The number of para-hydroxylation sites is 1. The molecule has 144 valence electrons. The molecule has 0 aliphatic heterocycles. The van der Waals surface area contributed by atoms with Crippen LogP contribution in [0.2, 0.25) is 0 Å². The number of nitrogens with zero attached hydrogens (tertiary/aromatic N) is 2. The zero-order valence-corrected chi connectivity index (χ0v) is 17.3. The number of carbonyl (C=O) groups excluding carboxylic acids is 1. The van der Waals surface area contributed by atoms with Gasteiger partial charge in [-0.2, -0.15) is 0 Å². The van der Waals surface area contributed by atoms with Crippen molar-refractivity contribution in [1.82, 2.24) is 14.9 Å². The van der Waals surface area contributed by atoms with Gasteiger partial charge in [-0.1, -0.05) is 40.2 Å². The molecule has 1 aliphatic carbocycles. The topological polar surface area (TPSA) is 64.0 Å². The van der Waals surface area contributed by atoms with E-state index in [0.29, 0.717) is 29.6 Å². The van der Waals surface area contributed by atoms with Crippen LogP contribution in [0.4, 0.5) is 0 Å². The van der Waals surface area contributed by atoms with Gasteiger partial charge in [0, 0.05) is 23.4 Å². The fourth-order valence-electron chi connectivity index (χ4n) is 3.45. The molecular weight excluding hydrogens is 418 g/mol. The predicted octanol–water partition coefficient (Wildman–Crippen LogP) is 4.30. The Hall–Kier alpha value is -2.47. The molecule has 1 aliphatic rings. The zero-order valence-electron chi connectivity index (χ0n) is 15.7. The van der Waals surface area contributed by atoms with Gasteiger partial charge in [0.2, 0.25) is 5.91 Å². The number of aryl methyl sites for hydroxylation is 1. The van der Waals surface area contributed by atoms with Crippen molar-refractivity contribution in [2.45, 2.75) is 44.7 Å². The van der Waals surface area contributed by atoms with Gasteiger partial charge in [-0.3, -0.25) is 14.2 Å². The average molecular weight is 440 g/mol. The van der Waals surface area contributed by atoms with Crippen LogP contribution in [-0.4, -0.2) is 15.5 Å². The summed E-state index contributed by atoms with van der Waals surface area (Å²) in [6, 6.07) is 15.5. The van der Waals surface area contributed by atoms with Crippen molar-refractivity contribution in [3.8, 4) is 0 Å². The maximum atomic E-state index is 12.9. The standard InChI is InChI=1S/C22H22BrN3O2/c1-14(15-6-8-16(23)9-7-15)24-21(27)13-12-20-25-19-5-3-2-4-18(19)22(28)26(20)17-10-11-17/h2-9,14,17H,10-13H2,1H3,(H,24,27). The maximum Gasteiger partial charge on any atom is 0.261 e. The molecule has 1 amide bonds. The van der Waals surface area contributed by atoms with E-state index in [0.717, 1.165) is 22.9 Å². The van der Waals surface area contributed by atoms with Crippen LogP contribution >= 0.6 is 15.9 Å². The third-order valence-electron chi connectivity index (χ3n) is 5.12. The molecule has 1 N–H and O–H groups in total. The van der Waals surface area contributed by atoms with E-state index in [1.165, 1.54) is 0 Å². The first-order valence-electron chi connectivity index (χ1n) is 9.58. The normalized spacial score (nSPS) is 14.8. The minimum Gasteiger partial charge on any atom is -0.350 e. The van der Waals surface area contributed by atoms with Crippen molar-refractivity contribution in [1.29, 1.82) is 0 Å². The number of nitrogens with one attached hydrogen (secondary N) is 1. The van der Waals surface area contributed by atoms with Crippen molar-refractivity contribution in [2.75, 3.05) is 0 Å². The van der Waals surface area contributed by atoms with Gasteiger partial charge in [0.25, 0.3) is 5.56 Å². The second kappa shape index (κ2) is 7.87. The van der Waals surface area contributed by atoms with Crippen LogP contribution in [0.15, 0.2) is 57.8 Å². The lowest BCUT2D eigenvalue weighted by molar-refractivity contribution is -0.121. The molecule has 0 radical (unpaired) electrons. The Morgan fingerprint density at radius 2 is 1.93 bits per heavy atom. The van der Waals surface area contributed by atoms with E-state index >= 15 is 0 Å². The second-order valence-corrected chi connectivity index (χ2v) is 8.21. The summed E-state index contributed by atoms with van der Waals surface area (Å²) in [6.07, 6.45) is 2.76. The SMILES string of the molecule is CC(NC(=O)CCc1nc2ccccc2c(=O)n1C1CC1)c1ccc(Br)cc1. The van der Waals surface area contributed by atoms with E-state index in [1.54, 1.807) is 4.57 Å². The average Bonchev–Trinajstić information content (AvgIpc) is 3.52. The molecule has 3 aromatic rings. The molecule has 5 nitrogen and oxygen atoms in total. The number of halogens is 1. The minimum absolute atomic E-state index is 0.00624. The van der Waals surface area contributed by atoms with E-state index in [1.807, 2.05) is 55.5 Å².